The lowest BCUT2D eigenvalue weighted by molar-refractivity contribution is -0.143. The summed E-state index contributed by atoms with van der Waals surface area (Å²) in [5.74, 6) is 0.112. The molecule has 0 unspecified atom stereocenters. The van der Waals surface area contributed by atoms with Crippen LogP contribution in [0.4, 0.5) is 0 Å². The monoisotopic (exact) mass is 362 g/mol. The Morgan fingerprint density at radius 2 is 1.88 bits per heavy atom. The van der Waals surface area contributed by atoms with Gasteiger partial charge in [0, 0.05) is 26.1 Å². The van der Waals surface area contributed by atoms with E-state index in [1.54, 1.807) is 22.5 Å². The highest BCUT2D eigenvalue weighted by molar-refractivity contribution is 7.89. The Bertz CT molecular complexity index is 753. The first-order chi connectivity index (χ1) is 11.9. The second kappa shape index (κ2) is 6.92. The maximum absolute atomic E-state index is 13.1. The van der Waals surface area contributed by atoms with Gasteiger partial charge in [-0.05, 0) is 44.7 Å². The summed E-state index contributed by atoms with van der Waals surface area (Å²) in [4.78, 5) is 14.6. The van der Waals surface area contributed by atoms with E-state index >= 15 is 0 Å². The molecule has 0 bridgehead atoms. The fourth-order valence-corrected chi connectivity index (χ4v) is 5.65. The third kappa shape index (κ3) is 3.37. The van der Waals surface area contributed by atoms with Crippen molar-refractivity contribution in [2.24, 2.45) is 0 Å². The molecule has 1 aromatic rings. The Kier molecular flexibility index (Phi) is 5.02. The van der Waals surface area contributed by atoms with Gasteiger partial charge in [0.25, 0.3) is 0 Å². The zero-order valence-corrected chi connectivity index (χ0v) is 15.6. The lowest BCUT2D eigenvalue weighted by Crippen LogP contribution is -2.63. The zero-order chi connectivity index (χ0) is 18.1. The van der Waals surface area contributed by atoms with Crippen LogP contribution in [0.3, 0.4) is 0 Å². The quantitative estimate of drug-likeness (QED) is 0.774. The number of hydrogen-bond donors (Lipinski definition) is 0. The molecule has 1 amide bonds. The summed E-state index contributed by atoms with van der Waals surface area (Å²) >= 11 is 0. The highest BCUT2D eigenvalue weighted by Gasteiger charge is 2.47. The number of carbonyl (C=O) groups excluding carboxylic acids is 1. The van der Waals surface area contributed by atoms with Crippen LogP contribution in [0.2, 0.25) is 0 Å². The van der Waals surface area contributed by atoms with Gasteiger partial charge in [-0.25, -0.2) is 8.42 Å². The van der Waals surface area contributed by atoms with Crippen molar-refractivity contribution in [3.63, 3.8) is 0 Å². The third-order valence-corrected chi connectivity index (χ3v) is 7.26. The van der Waals surface area contributed by atoms with E-state index in [0.29, 0.717) is 31.0 Å². The fourth-order valence-electron chi connectivity index (χ4n) is 4.09. The molecule has 1 spiro atoms. The summed E-state index contributed by atoms with van der Waals surface area (Å²) in [6.07, 6.45) is 5.58. The highest BCUT2D eigenvalue weighted by Crippen LogP contribution is 2.38. The summed E-state index contributed by atoms with van der Waals surface area (Å²) in [6.45, 7) is 7.07. The number of piperidine rings is 2. The molecule has 3 rings (SSSR count). The van der Waals surface area contributed by atoms with Crippen molar-refractivity contribution in [2.45, 2.75) is 49.5 Å². The average Bonchev–Trinajstić information content (AvgIpc) is 2.59. The van der Waals surface area contributed by atoms with Gasteiger partial charge in [-0.1, -0.05) is 23.8 Å². The Labute approximate surface area is 150 Å². The van der Waals surface area contributed by atoms with Gasteiger partial charge in [0.2, 0.25) is 15.9 Å². The molecule has 6 heteroatoms. The maximum Gasteiger partial charge on any atom is 0.243 e. The number of nitrogens with zero attached hydrogens (tertiary/aromatic N) is 2. The van der Waals surface area contributed by atoms with Gasteiger partial charge in [0.15, 0.2) is 0 Å². The van der Waals surface area contributed by atoms with Crippen molar-refractivity contribution in [3.8, 4) is 0 Å². The molecule has 0 aliphatic carbocycles. The van der Waals surface area contributed by atoms with Gasteiger partial charge in [0.05, 0.1) is 10.4 Å². The first kappa shape index (κ1) is 18.1. The van der Waals surface area contributed by atoms with Crippen molar-refractivity contribution in [3.05, 3.63) is 42.5 Å². The fraction of sp³-hybridized carbons (Fsp3) is 0.526. The van der Waals surface area contributed by atoms with Crippen LogP contribution < -0.4 is 0 Å². The van der Waals surface area contributed by atoms with Crippen LogP contribution in [0.25, 0.3) is 0 Å². The molecule has 25 heavy (non-hydrogen) atoms. The van der Waals surface area contributed by atoms with E-state index in [1.165, 1.54) is 0 Å². The van der Waals surface area contributed by atoms with Gasteiger partial charge in [-0.2, -0.15) is 4.31 Å². The van der Waals surface area contributed by atoms with Gasteiger partial charge < -0.3 is 4.90 Å². The molecular weight excluding hydrogens is 336 g/mol. The lowest BCUT2D eigenvalue weighted by atomic mass is 9.80. The average molecular weight is 362 g/mol. The summed E-state index contributed by atoms with van der Waals surface area (Å²) in [6, 6.07) is 6.97. The molecule has 0 N–H and O–H groups in total. The number of aryl methyl sites for hydroxylation is 1. The van der Waals surface area contributed by atoms with Gasteiger partial charge in [-0.15, -0.1) is 6.58 Å². The molecule has 2 aliphatic heterocycles. The second-order valence-corrected chi connectivity index (χ2v) is 9.06. The van der Waals surface area contributed by atoms with E-state index in [1.807, 2.05) is 24.0 Å². The predicted octanol–water partition coefficient (Wildman–Crippen LogP) is 2.72. The Balaban J connectivity index is 1.90. The Morgan fingerprint density at radius 3 is 2.56 bits per heavy atom. The Morgan fingerprint density at radius 1 is 1.20 bits per heavy atom. The SMILES string of the molecule is C=CCN1C(=O)CCC[C@@]12CCCN(S(=O)(=O)c1ccc(C)cc1)C2. The van der Waals surface area contributed by atoms with Crippen LogP contribution in [0.15, 0.2) is 41.8 Å². The van der Waals surface area contributed by atoms with Crippen molar-refractivity contribution in [2.75, 3.05) is 19.6 Å². The largest absolute Gasteiger partial charge is 0.332 e. The number of benzene rings is 1. The normalized spacial score (nSPS) is 25.3. The van der Waals surface area contributed by atoms with Crippen LogP contribution in [0, 0.1) is 6.92 Å². The summed E-state index contributed by atoms with van der Waals surface area (Å²) < 4.78 is 27.7. The summed E-state index contributed by atoms with van der Waals surface area (Å²) in [5, 5.41) is 0. The first-order valence-electron chi connectivity index (χ1n) is 8.87. The highest BCUT2D eigenvalue weighted by atomic mass is 32.2. The number of rotatable bonds is 4. The molecular formula is C19H26N2O3S. The standard InChI is InChI=1S/C19H26N2O3S/c1-3-13-21-18(22)6-4-11-19(21)12-5-14-20(15-19)25(23,24)17-9-7-16(2)8-10-17/h3,7-10H,1,4-6,11-15H2,2H3/t19-/m0/s1. The number of amides is 1. The molecule has 2 heterocycles. The number of hydrogen-bond acceptors (Lipinski definition) is 3. The van der Waals surface area contributed by atoms with Crippen molar-refractivity contribution in [1.29, 1.82) is 0 Å². The molecule has 0 aromatic heterocycles. The minimum absolute atomic E-state index is 0.112. The molecule has 1 aromatic carbocycles. The molecule has 0 saturated carbocycles. The van der Waals surface area contributed by atoms with Crippen LogP contribution in [-0.4, -0.2) is 48.7 Å². The lowest BCUT2D eigenvalue weighted by Gasteiger charge is -2.51. The van der Waals surface area contributed by atoms with Crippen molar-refractivity contribution < 1.29 is 13.2 Å². The maximum atomic E-state index is 13.1. The smallest absolute Gasteiger partial charge is 0.243 e. The molecule has 2 aliphatic rings. The Hall–Kier alpha value is -1.66. The molecule has 136 valence electrons. The van der Waals surface area contributed by atoms with Crippen LogP contribution in [-0.2, 0) is 14.8 Å². The van der Waals surface area contributed by atoms with E-state index in [-0.39, 0.29) is 11.4 Å². The number of carbonyl (C=O) groups is 1. The van der Waals surface area contributed by atoms with E-state index < -0.39 is 10.0 Å². The zero-order valence-electron chi connectivity index (χ0n) is 14.8. The topological polar surface area (TPSA) is 57.7 Å². The van der Waals surface area contributed by atoms with E-state index in [0.717, 1.165) is 31.2 Å². The third-order valence-electron chi connectivity index (χ3n) is 5.40. The minimum atomic E-state index is -3.54. The molecule has 5 nitrogen and oxygen atoms in total. The summed E-state index contributed by atoms with van der Waals surface area (Å²) in [7, 11) is -3.54. The predicted molar refractivity (Wildman–Crippen MR) is 97.7 cm³/mol. The van der Waals surface area contributed by atoms with Crippen LogP contribution in [0.1, 0.15) is 37.7 Å². The van der Waals surface area contributed by atoms with Crippen LogP contribution in [0.5, 0.6) is 0 Å². The van der Waals surface area contributed by atoms with Gasteiger partial charge in [0.1, 0.15) is 0 Å². The molecule has 2 saturated heterocycles. The van der Waals surface area contributed by atoms with Crippen LogP contribution >= 0.6 is 0 Å². The summed E-state index contributed by atoms with van der Waals surface area (Å²) in [5.41, 5.74) is 0.642. The van der Waals surface area contributed by atoms with Gasteiger partial charge in [-0.3, -0.25) is 4.79 Å². The first-order valence-corrected chi connectivity index (χ1v) is 10.3. The van der Waals surface area contributed by atoms with Crippen molar-refractivity contribution in [1.82, 2.24) is 9.21 Å². The molecule has 1 atom stereocenters. The van der Waals surface area contributed by atoms with E-state index in [4.69, 9.17) is 0 Å². The minimum Gasteiger partial charge on any atom is -0.332 e. The van der Waals surface area contributed by atoms with E-state index in [2.05, 4.69) is 6.58 Å². The van der Waals surface area contributed by atoms with Gasteiger partial charge >= 0.3 is 0 Å². The van der Waals surface area contributed by atoms with Crippen molar-refractivity contribution >= 4 is 15.9 Å². The number of sulfonamides is 1. The molecule has 0 radical (unpaired) electrons. The number of likely N-dealkylation sites (tertiary alicyclic amines) is 1. The molecule has 2 fully saturated rings. The van der Waals surface area contributed by atoms with E-state index in [9.17, 15) is 13.2 Å². The second-order valence-electron chi connectivity index (χ2n) is 7.13.